The molecule has 0 aromatic heterocycles. The molecule has 0 radical (unpaired) electrons. The second kappa shape index (κ2) is 12.2. The zero-order valence-electron chi connectivity index (χ0n) is 20.5. The lowest BCUT2D eigenvalue weighted by molar-refractivity contribution is -0.141. The van der Waals surface area contributed by atoms with E-state index in [0.717, 1.165) is 16.7 Å². The van der Waals surface area contributed by atoms with Crippen molar-refractivity contribution in [1.29, 1.82) is 0 Å². The molecular formula is C28H34N2O5. The number of ether oxygens (including phenoxy) is 1. The summed E-state index contributed by atoms with van der Waals surface area (Å²) in [6.07, 6.45) is 2.62. The first-order chi connectivity index (χ1) is 16.8. The highest BCUT2D eigenvalue weighted by atomic mass is 16.5. The number of carbonyl (C=O) groups excluding carboxylic acids is 2. The number of carbonyl (C=O) groups is 3. The van der Waals surface area contributed by atoms with Crippen LogP contribution in [0.2, 0.25) is 0 Å². The Balaban J connectivity index is 1.50. The van der Waals surface area contributed by atoms with Crippen molar-refractivity contribution in [2.75, 3.05) is 6.61 Å². The molecule has 3 rings (SSSR count). The minimum atomic E-state index is -1.07. The number of amides is 2. The van der Waals surface area contributed by atoms with Gasteiger partial charge in [0.2, 0.25) is 5.91 Å². The van der Waals surface area contributed by atoms with Gasteiger partial charge >= 0.3 is 12.1 Å². The third-order valence-corrected chi connectivity index (χ3v) is 6.27. The Kier molecular flexibility index (Phi) is 9.06. The van der Waals surface area contributed by atoms with Gasteiger partial charge in [-0.1, -0.05) is 67.1 Å². The first kappa shape index (κ1) is 26.0. The van der Waals surface area contributed by atoms with Crippen LogP contribution in [0.1, 0.15) is 63.5 Å². The molecule has 2 aromatic rings. The SMILES string of the molecule is CCC(CCC(=O)NC(CC=C(C)C)C(=O)O)NC(=O)OCC1c2ccccc2-c2ccccc21. The molecule has 0 saturated heterocycles. The number of alkyl carbamates (subject to hydrolysis) is 1. The quantitative estimate of drug-likeness (QED) is 0.394. The van der Waals surface area contributed by atoms with E-state index in [-0.39, 0.29) is 37.3 Å². The number of benzene rings is 2. The van der Waals surface area contributed by atoms with E-state index in [4.69, 9.17) is 4.74 Å². The van der Waals surface area contributed by atoms with Gasteiger partial charge in [0, 0.05) is 18.4 Å². The Morgan fingerprint density at radius 2 is 1.60 bits per heavy atom. The van der Waals surface area contributed by atoms with Gasteiger partial charge in [-0.3, -0.25) is 4.79 Å². The van der Waals surface area contributed by atoms with Crippen molar-refractivity contribution >= 4 is 18.0 Å². The minimum absolute atomic E-state index is 0.0206. The Hall–Kier alpha value is -3.61. The van der Waals surface area contributed by atoms with Crippen molar-refractivity contribution in [2.24, 2.45) is 0 Å². The molecule has 0 saturated carbocycles. The first-order valence-electron chi connectivity index (χ1n) is 12.1. The second-order valence-corrected chi connectivity index (χ2v) is 9.09. The lowest BCUT2D eigenvalue weighted by atomic mass is 9.98. The van der Waals surface area contributed by atoms with E-state index < -0.39 is 18.1 Å². The van der Waals surface area contributed by atoms with Crippen LogP contribution in [0.4, 0.5) is 4.79 Å². The fourth-order valence-corrected chi connectivity index (χ4v) is 4.33. The van der Waals surface area contributed by atoms with Crippen LogP contribution in [-0.2, 0) is 14.3 Å². The molecule has 0 heterocycles. The summed E-state index contributed by atoms with van der Waals surface area (Å²) >= 11 is 0. The van der Waals surface area contributed by atoms with Gasteiger partial charge in [0.05, 0.1) is 0 Å². The number of carboxylic acids is 1. The van der Waals surface area contributed by atoms with E-state index in [0.29, 0.717) is 12.8 Å². The van der Waals surface area contributed by atoms with Gasteiger partial charge in [0.25, 0.3) is 0 Å². The Bertz CT molecular complexity index is 1040. The normalized spacial score (nSPS) is 13.7. The summed E-state index contributed by atoms with van der Waals surface area (Å²) < 4.78 is 5.59. The van der Waals surface area contributed by atoms with Crippen LogP contribution in [0.25, 0.3) is 11.1 Å². The molecule has 0 aliphatic heterocycles. The number of allylic oxidation sites excluding steroid dienone is 1. The average molecular weight is 479 g/mol. The third-order valence-electron chi connectivity index (χ3n) is 6.27. The van der Waals surface area contributed by atoms with Crippen molar-refractivity contribution in [3.8, 4) is 11.1 Å². The summed E-state index contributed by atoms with van der Waals surface area (Å²) in [5, 5.41) is 14.7. The molecule has 2 amide bonds. The van der Waals surface area contributed by atoms with Gasteiger partial charge in [0.1, 0.15) is 12.6 Å². The number of hydrogen-bond acceptors (Lipinski definition) is 4. The van der Waals surface area contributed by atoms with Crippen LogP contribution in [-0.4, -0.2) is 41.8 Å². The second-order valence-electron chi connectivity index (χ2n) is 9.09. The molecule has 2 atom stereocenters. The molecule has 3 N–H and O–H groups in total. The highest BCUT2D eigenvalue weighted by molar-refractivity contribution is 5.83. The number of fused-ring (bicyclic) bond motifs is 3. The topological polar surface area (TPSA) is 105 Å². The number of hydrogen-bond donors (Lipinski definition) is 3. The predicted octanol–water partition coefficient (Wildman–Crippen LogP) is 5.01. The van der Waals surface area contributed by atoms with E-state index in [2.05, 4.69) is 34.9 Å². The molecular weight excluding hydrogens is 444 g/mol. The van der Waals surface area contributed by atoms with Crippen molar-refractivity contribution in [3.63, 3.8) is 0 Å². The van der Waals surface area contributed by atoms with Crippen LogP contribution in [0.15, 0.2) is 60.2 Å². The molecule has 2 unspecified atom stereocenters. The summed E-state index contributed by atoms with van der Waals surface area (Å²) in [4.78, 5) is 36.2. The molecule has 186 valence electrons. The monoisotopic (exact) mass is 478 g/mol. The zero-order chi connectivity index (χ0) is 25.4. The maximum Gasteiger partial charge on any atom is 0.407 e. The van der Waals surface area contributed by atoms with Gasteiger partial charge in [-0.25, -0.2) is 9.59 Å². The van der Waals surface area contributed by atoms with Gasteiger partial charge in [-0.15, -0.1) is 0 Å². The van der Waals surface area contributed by atoms with Gasteiger partial charge in [-0.05, 0) is 55.4 Å². The Morgan fingerprint density at radius 3 is 2.14 bits per heavy atom. The van der Waals surface area contributed by atoms with Crippen molar-refractivity contribution in [2.45, 2.75) is 64.5 Å². The van der Waals surface area contributed by atoms with E-state index >= 15 is 0 Å². The third kappa shape index (κ3) is 6.94. The summed E-state index contributed by atoms with van der Waals surface area (Å²) in [5.41, 5.74) is 5.61. The molecule has 7 heteroatoms. The number of carboxylic acid groups (broad SMARTS) is 1. The number of aliphatic carboxylic acids is 1. The van der Waals surface area contributed by atoms with Crippen molar-refractivity contribution in [3.05, 3.63) is 71.3 Å². The van der Waals surface area contributed by atoms with Gasteiger partial charge in [-0.2, -0.15) is 0 Å². The Morgan fingerprint density at radius 1 is 1.00 bits per heavy atom. The molecule has 0 fully saturated rings. The Labute approximate surface area is 206 Å². The summed E-state index contributed by atoms with van der Waals surface area (Å²) in [6.45, 7) is 5.89. The van der Waals surface area contributed by atoms with Gasteiger partial charge in [0.15, 0.2) is 0 Å². The fraction of sp³-hybridized carbons (Fsp3) is 0.393. The standard InChI is InChI=1S/C28H34N2O5/c1-4-19(14-16-26(31)30-25(27(32)33)15-13-18(2)3)29-28(34)35-17-24-22-11-7-5-9-20(22)21-10-6-8-12-23(21)24/h5-13,19,24-25H,4,14-17H2,1-3H3,(H,29,34)(H,30,31)(H,32,33). The number of nitrogens with one attached hydrogen (secondary N) is 2. The van der Waals surface area contributed by atoms with Crippen molar-refractivity contribution < 1.29 is 24.2 Å². The van der Waals surface area contributed by atoms with Crippen LogP contribution < -0.4 is 10.6 Å². The summed E-state index contributed by atoms with van der Waals surface area (Å²) in [5.74, 6) is -1.44. The van der Waals surface area contributed by atoms with Crippen LogP contribution in [0.5, 0.6) is 0 Å². The molecule has 7 nitrogen and oxygen atoms in total. The number of rotatable bonds is 11. The lowest BCUT2D eigenvalue weighted by Crippen LogP contribution is -2.41. The molecule has 35 heavy (non-hydrogen) atoms. The highest BCUT2D eigenvalue weighted by Crippen LogP contribution is 2.44. The molecule has 1 aliphatic carbocycles. The smallest absolute Gasteiger partial charge is 0.407 e. The van der Waals surface area contributed by atoms with Crippen LogP contribution in [0.3, 0.4) is 0 Å². The van der Waals surface area contributed by atoms with E-state index in [9.17, 15) is 19.5 Å². The zero-order valence-corrected chi connectivity index (χ0v) is 20.5. The van der Waals surface area contributed by atoms with Crippen molar-refractivity contribution in [1.82, 2.24) is 10.6 Å². The summed E-state index contributed by atoms with van der Waals surface area (Å²) in [7, 11) is 0. The van der Waals surface area contributed by atoms with E-state index in [1.165, 1.54) is 11.1 Å². The molecule has 1 aliphatic rings. The summed E-state index contributed by atoms with van der Waals surface area (Å²) in [6, 6.07) is 15.1. The van der Waals surface area contributed by atoms with Crippen LogP contribution in [0, 0.1) is 0 Å². The average Bonchev–Trinajstić information content (AvgIpc) is 3.16. The van der Waals surface area contributed by atoms with Crippen LogP contribution >= 0.6 is 0 Å². The maximum atomic E-state index is 12.5. The highest BCUT2D eigenvalue weighted by Gasteiger charge is 2.29. The first-order valence-corrected chi connectivity index (χ1v) is 12.1. The predicted molar refractivity (Wildman–Crippen MR) is 135 cm³/mol. The maximum absolute atomic E-state index is 12.5. The van der Waals surface area contributed by atoms with Gasteiger partial charge < -0.3 is 20.5 Å². The fourth-order valence-electron chi connectivity index (χ4n) is 4.33. The largest absolute Gasteiger partial charge is 0.480 e. The molecule has 0 spiro atoms. The molecule has 0 bridgehead atoms. The van der Waals surface area contributed by atoms with E-state index in [1.54, 1.807) is 6.08 Å². The van der Waals surface area contributed by atoms with E-state index in [1.807, 2.05) is 45.0 Å². The minimum Gasteiger partial charge on any atom is -0.480 e. The molecule has 2 aromatic carbocycles. The lowest BCUT2D eigenvalue weighted by Gasteiger charge is -2.19.